The summed E-state index contributed by atoms with van der Waals surface area (Å²) in [5.41, 5.74) is 0. The smallest absolute Gasteiger partial charge is 0.303 e. The molecule has 2 fully saturated rings. The lowest BCUT2D eigenvalue weighted by molar-refractivity contribution is -0.138. The van der Waals surface area contributed by atoms with E-state index in [1.54, 1.807) is 0 Å². The van der Waals surface area contributed by atoms with E-state index < -0.39 is 5.97 Å². The zero-order valence-electron chi connectivity index (χ0n) is 11.9. The molecule has 6 heteroatoms. The van der Waals surface area contributed by atoms with Crippen molar-refractivity contribution in [2.75, 3.05) is 0 Å². The molecule has 0 aliphatic heterocycles. The molecule has 1 heterocycles. The lowest BCUT2D eigenvalue weighted by Gasteiger charge is -2.21. The van der Waals surface area contributed by atoms with Crippen LogP contribution in [0.15, 0.2) is 0 Å². The molecule has 1 N–H and O–H groups in total. The molecule has 1 aromatic rings. The second-order valence-corrected chi connectivity index (χ2v) is 6.37. The topological polar surface area (TPSA) is 80.9 Å². The summed E-state index contributed by atoms with van der Waals surface area (Å²) in [6.45, 7) is 2.65. The highest BCUT2D eigenvalue weighted by molar-refractivity contribution is 5.66. The number of tetrazole rings is 1. The first-order valence-electron chi connectivity index (χ1n) is 7.65. The number of carboxylic acids is 1. The van der Waals surface area contributed by atoms with Gasteiger partial charge in [-0.15, -0.1) is 5.10 Å². The van der Waals surface area contributed by atoms with E-state index in [2.05, 4.69) is 15.5 Å². The molecule has 1 aromatic heterocycles. The van der Waals surface area contributed by atoms with Gasteiger partial charge in [-0.05, 0) is 47.4 Å². The van der Waals surface area contributed by atoms with E-state index in [-0.39, 0.29) is 12.3 Å². The summed E-state index contributed by atoms with van der Waals surface area (Å²) in [5.74, 6) is 2.44. The van der Waals surface area contributed by atoms with E-state index in [1.165, 1.54) is 25.7 Å². The van der Waals surface area contributed by atoms with Gasteiger partial charge in [0, 0.05) is 18.9 Å². The molecule has 110 valence electrons. The van der Waals surface area contributed by atoms with Gasteiger partial charge in [-0.25, -0.2) is 4.68 Å². The maximum Gasteiger partial charge on any atom is 0.303 e. The van der Waals surface area contributed by atoms with Gasteiger partial charge in [-0.2, -0.15) is 0 Å². The highest BCUT2D eigenvalue weighted by Gasteiger charge is 2.42. The van der Waals surface area contributed by atoms with Crippen molar-refractivity contribution in [3.05, 3.63) is 5.82 Å². The fourth-order valence-corrected chi connectivity index (χ4v) is 4.00. The third kappa shape index (κ3) is 2.55. The summed E-state index contributed by atoms with van der Waals surface area (Å²) in [6.07, 6.45) is 6.22. The Balaban J connectivity index is 1.71. The molecule has 0 saturated heterocycles. The highest BCUT2D eigenvalue weighted by Crippen LogP contribution is 2.52. The first-order valence-corrected chi connectivity index (χ1v) is 7.65. The summed E-state index contributed by atoms with van der Waals surface area (Å²) in [4.78, 5) is 10.9. The van der Waals surface area contributed by atoms with Gasteiger partial charge in [0.2, 0.25) is 0 Å². The number of nitrogens with zero attached hydrogens (tertiary/aromatic N) is 4. The molecule has 2 saturated carbocycles. The normalized spacial score (nSPS) is 29.8. The van der Waals surface area contributed by atoms with Crippen LogP contribution < -0.4 is 0 Å². The quantitative estimate of drug-likeness (QED) is 0.861. The zero-order valence-corrected chi connectivity index (χ0v) is 11.9. The van der Waals surface area contributed by atoms with Gasteiger partial charge in [0.25, 0.3) is 0 Å². The molecule has 20 heavy (non-hydrogen) atoms. The molecule has 0 aromatic carbocycles. The van der Waals surface area contributed by atoms with Gasteiger partial charge in [0.1, 0.15) is 0 Å². The van der Waals surface area contributed by atoms with Crippen LogP contribution in [-0.4, -0.2) is 31.3 Å². The Kier molecular flexibility index (Phi) is 3.72. The molecule has 6 nitrogen and oxygen atoms in total. The minimum absolute atomic E-state index is 0.105. The zero-order chi connectivity index (χ0) is 14.1. The number of aromatic nitrogens is 4. The van der Waals surface area contributed by atoms with Crippen molar-refractivity contribution in [1.82, 2.24) is 20.2 Å². The van der Waals surface area contributed by atoms with Gasteiger partial charge in [0.15, 0.2) is 5.82 Å². The molecule has 0 amide bonds. The molecule has 2 aliphatic rings. The number of carboxylic acid groups (broad SMARTS) is 1. The van der Waals surface area contributed by atoms with Crippen LogP contribution >= 0.6 is 0 Å². The third-order valence-corrected chi connectivity index (χ3v) is 5.10. The largest absolute Gasteiger partial charge is 0.481 e. The fraction of sp³-hybridized carbons (Fsp3) is 0.857. The summed E-state index contributed by atoms with van der Waals surface area (Å²) < 4.78 is 1.86. The number of carbonyl (C=O) groups is 1. The Morgan fingerprint density at radius 2 is 2.30 bits per heavy atom. The molecule has 2 bridgehead atoms. The van der Waals surface area contributed by atoms with Crippen LogP contribution in [0, 0.1) is 17.8 Å². The Labute approximate surface area is 118 Å². The summed E-state index contributed by atoms with van der Waals surface area (Å²) in [5, 5.41) is 21.1. The monoisotopic (exact) mass is 278 g/mol. The number of hydrogen-bond donors (Lipinski definition) is 1. The van der Waals surface area contributed by atoms with Gasteiger partial charge in [-0.1, -0.05) is 19.8 Å². The number of fused-ring (bicyclic) bond motifs is 2. The van der Waals surface area contributed by atoms with Crippen LogP contribution in [0.25, 0.3) is 0 Å². The van der Waals surface area contributed by atoms with Crippen LogP contribution in [0.1, 0.15) is 57.2 Å². The maximum atomic E-state index is 10.9. The first-order chi connectivity index (χ1) is 9.67. The first kappa shape index (κ1) is 13.5. The average molecular weight is 278 g/mol. The second kappa shape index (κ2) is 5.50. The predicted octanol–water partition coefficient (Wildman–Crippen LogP) is 2.08. The Morgan fingerprint density at radius 1 is 1.45 bits per heavy atom. The van der Waals surface area contributed by atoms with Crippen molar-refractivity contribution in [2.45, 2.75) is 57.9 Å². The van der Waals surface area contributed by atoms with Gasteiger partial charge >= 0.3 is 5.97 Å². The van der Waals surface area contributed by atoms with E-state index in [9.17, 15) is 4.79 Å². The van der Waals surface area contributed by atoms with Crippen LogP contribution in [0.5, 0.6) is 0 Å². The van der Waals surface area contributed by atoms with Gasteiger partial charge in [-0.3, -0.25) is 4.79 Å². The molecule has 0 radical (unpaired) electrons. The van der Waals surface area contributed by atoms with Crippen molar-refractivity contribution in [2.24, 2.45) is 17.8 Å². The Morgan fingerprint density at radius 3 is 2.90 bits per heavy atom. The molecule has 3 rings (SSSR count). The van der Waals surface area contributed by atoms with Crippen LogP contribution in [0.3, 0.4) is 0 Å². The SMILES string of the molecule is CCC(CC(=O)O)Cn1nnnc1C1CC2CCC1C2. The summed E-state index contributed by atoms with van der Waals surface area (Å²) in [7, 11) is 0. The van der Waals surface area contributed by atoms with E-state index in [0.29, 0.717) is 12.5 Å². The molecular formula is C14H22N4O2. The standard InChI is InChI=1S/C14H22N4O2/c1-2-9(7-13(19)20)8-18-14(15-16-17-18)12-6-10-3-4-11(12)5-10/h9-12H,2-8H2,1H3,(H,19,20). The van der Waals surface area contributed by atoms with Crippen LogP contribution in [0.4, 0.5) is 0 Å². The minimum Gasteiger partial charge on any atom is -0.481 e. The number of rotatable bonds is 6. The fourth-order valence-electron chi connectivity index (χ4n) is 4.00. The van der Waals surface area contributed by atoms with E-state index in [0.717, 1.165) is 24.1 Å². The molecule has 0 spiro atoms. The van der Waals surface area contributed by atoms with Crippen LogP contribution in [0.2, 0.25) is 0 Å². The molecule has 2 aliphatic carbocycles. The van der Waals surface area contributed by atoms with E-state index >= 15 is 0 Å². The highest BCUT2D eigenvalue weighted by atomic mass is 16.4. The average Bonchev–Trinajstić information content (AvgIpc) is 3.12. The lowest BCUT2D eigenvalue weighted by Crippen LogP contribution is -2.20. The van der Waals surface area contributed by atoms with E-state index in [4.69, 9.17) is 5.11 Å². The molecular weight excluding hydrogens is 256 g/mol. The third-order valence-electron chi connectivity index (χ3n) is 5.10. The second-order valence-electron chi connectivity index (χ2n) is 6.37. The lowest BCUT2D eigenvalue weighted by atomic mass is 9.88. The maximum absolute atomic E-state index is 10.9. The minimum atomic E-state index is -0.744. The summed E-state index contributed by atoms with van der Waals surface area (Å²) >= 11 is 0. The number of hydrogen-bond acceptors (Lipinski definition) is 4. The Hall–Kier alpha value is -1.46. The van der Waals surface area contributed by atoms with Crippen molar-refractivity contribution in [3.63, 3.8) is 0 Å². The van der Waals surface area contributed by atoms with Crippen molar-refractivity contribution in [3.8, 4) is 0 Å². The Bertz CT molecular complexity index is 487. The van der Waals surface area contributed by atoms with Crippen molar-refractivity contribution in [1.29, 1.82) is 0 Å². The van der Waals surface area contributed by atoms with Gasteiger partial charge < -0.3 is 5.11 Å². The molecule has 4 unspecified atom stereocenters. The van der Waals surface area contributed by atoms with E-state index in [1.807, 2.05) is 11.6 Å². The van der Waals surface area contributed by atoms with Gasteiger partial charge in [0.05, 0.1) is 0 Å². The predicted molar refractivity (Wildman–Crippen MR) is 72.0 cm³/mol. The van der Waals surface area contributed by atoms with Crippen molar-refractivity contribution < 1.29 is 9.90 Å². The number of aliphatic carboxylic acids is 1. The molecule has 4 atom stereocenters. The van der Waals surface area contributed by atoms with Crippen molar-refractivity contribution >= 4 is 5.97 Å². The summed E-state index contributed by atoms with van der Waals surface area (Å²) in [6, 6.07) is 0. The van der Waals surface area contributed by atoms with Crippen LogP contribution in [-0.2, 0) is 11.3 Å².